The third kappa shape index (κ3) is 4.71. The smallest absolute Gasteiger partial charge is 0.295 e. The zero-order chi connectivity index (χ0) is 24.2. The van der Waals surface area contributed by atoms with Crippen molar-refractivity contribution in [2.45, 2.75) is 45.9 Å². The Bertz CT molecular complexity index is 1200. The minimum atomic E-state index is -0.710. The van der Waals surface area contributed by atoms with Crippen molar-refractivity contribution >= 4 is 17.4 Å². The zero-order valence-electron chi connectivity index (χ0n) is 19.6. The van der Waals surface area contributed by atoms with E-state index in [0.717, 1.165) is 23.1 Å². The van der Waals surface area contributed by atoms with Crippen LogP contribution < -0.4 is 4.74 Å². The lowest BCUT2D eigenvalue weighted by molar-refractivity contribution is -0.140. The van der Waals surface area contributed by atoms with E-state index in [2.05, 4.69) is 11.9 Å². The highest BCUT2D eigenvalue weighted by molar-refractivity contribution is 6.46. The van der Waals surface area contributed by atoms with Gasteiger partial charge in [-0.25, -0.2) is 0 Å². The second kappa shape index (κ2) is 9.91. The number of ketones is 1. The van der Waals surface area contributed by atoms with Gasteiger partial charge in [-0.1, -0.05) is 37.3 Å². The third-order valence-electron chi connectivity index (χ3n) is 5.82. The van der Waals surface area contributed by atoms with Crippen molar-refractivity contribution in [3.8, 4) is 5.75 Å². The second-order valence-corrected chi connectivity index (χ2v) is 8.57. The van der Waals surface area contributed by atoms with Crippen molar-refractivity contribution in [3.05, 3.63) is 101 Å². The predicted molar refractivity (Wildman–Crippen MR) is 130 cm³/mol. The molecule has 1 saturated heterocycles. The molecular weight excluding hydrogens is 428 g/mol. The Morgan fingerprint density at radius 2 is 1.74 bits per heavy atom. The lowest BCUT2D eigenvalue weighted by atomic mass is 9.94. The van der Waals surface area contributed by atoms with E-state index in [1.807, 2.05) is 44.2 Å². The molecule has 1 amide bonds. The maximum absolute atomic E-state index is 13.2. The molecule has 1 aromatic heterocycles. The molecule has 34 heavy (non-hydrogen) atoms. The summed E-state index contributed by atoms with van der Waals surface area (Å²) in [6.45, 7) is 6.13. The first-order chi connectivity index (χ1) is 16.4. The van der Waals surface area contributed by atoms with Crippen LogP contribution in [0.5, 0.6) is 5.75 Å². The van der Waals surface area contributed by atoms with Gasteiger partial charge in [0.25, 0.3) is 11.7 Å². The van der Waals surface area contributed by atoms with Gasteiger partial charge in [-0.2, -0.15) is 0 Å². The number of aliphatic hydroxyl groups is 1. The molecule has 1 unspecified atom stereocenters. The average molecular weight is 457 g/mol. The van der Waals surface area contributed by atoms with Crippen molar-refractivity contribution in [1.29, 1.82) is 0 Å². The van der Waals surface area contributed by atoms with Crippen molar-refractivity contribution in [2.75, 3.05) is 0 Å². The van der Waals surface area contributed by atoms with E-state index in [0.29, 0.717) is 11.3 Å². The minimum Gasteiger partial charge on any atom is -0.507 e. The van der Waals surface area contributed by atoms with E-state index in [1.54, 1.807) is 42.7 Å². The number of likely N-dealkylation sites (tertiary alicyclic amines) is 1. The van der Waals surface area contributed by atoms with Gasteiger partial charge in [0.05, 0.1) is 17.7 Å². The molecule has 3 aromatic rings. The molecule has 4 rings (SSSR count). The first-order valence-electron chi connectivity index (χ1n) is 11.4. The maximum Gasteiger partial charge on any atom is 0.295 e. The van der Waals surface area contributed by atoms with Crippen LogP contribution in [-0.4, -0.2) is 32.8 Å². The molecule has 1 N–H and O–H groups in total. The molecular formula is C28H28N2O4. The first kappa shape index (κ1) is 23.2. The fourth-order valence-corrected chi connectivity index (χ4v) is 4.13. The van der Waals surface area contributed by atoms with Crippen LogP contribution in [0, 0.1) is 0 Å². The highest BCUT2D eigenvalue weighted by Gasteiger charge is 2.46. The van der Waals surface area contributed by atoms with Crippen LogP contribution in [0.25, 0.3) is 5.76 Å². The van der Waals surface area contributed by atoms with Crippen molar-refractivity contribution in [2.24, 2.45) is 0 Å². The zero-order valence-corrected chi connectivity index (χ0v) is 19.6. The highest BCUT2D eigenvalue weighted by atomic mass is 16.5. The number of amides is 1. The van der Waals surface area contributed by atoms with Gasteiger partial charge in [0.1, 0.15) is 11.5 Å². The summed E-state index contributed by atoms with van der Waals surface area (Å²) < 4.78 is 5.68. The van der Waals surface area contributed by atoms with Gasteiger partial charge >= 0.3 is 0 Å². The Labute approximate surface area is 199 Å². The summed E-state index contributed by atoms with van der Waals surface area (Å²) in [6.07, 6.45) is 4.22. The second-order valence-electron chi connectivity index (χ2n) is 8.57. The lowest BCUT2D eigenvalue weighted by Gasteiger charge is -2.25. The Morgan fingerprint density at radius 3 is 2.32 bits per heavy atom. The van der Waals surface area contributed by atoms with Gasteiger partial charge in [0.15, 0.2) is 0 Å². The van der Waals surface area contributed by atoms with Crippen LogP contribution >= 0.6 is 0 Å². The Morgan fingerprint density at radius 1 is 1.03 bits per heavy atom. The van der Waals surface area contributed by atoms with Crippen LogP contribution in [0.1, 0.15) is 49.1 Å². The van der Waals surface area contributed by atoms with Crippen LogP contribution in [0.4, 0.5) is 0 Å². The van der Waals surface area contributed by atoms with E-state index < -0.39 is 17.7 Å². The monoisotopic (exact) mass is 456 g/mol. The Hall–Kier alpha value is -3.93. The van der Waals surface area contributed by atoms with Gasteiger partial charge in [0.2, 0.25) is 0 Å². The predicted octanol–water partition coefficient (Wildman–Crippen LogP) is 5.05. The topological polar surface area (TPSA) is 79.7 Å². The molecule has 6 nitrogen and oxygen atoms in total. The van der Waals surface area contributed by atoms with Crippen molar-refractivity contribution in [1.82, 2.24) is 9.88 Å². The molecule has 2 heterocycles. The summed E-state index contributed by atoms with van der Waals surface area (Å²) >= 11 is 0. The minimum absolute atomic E-state index is 0.0170. The fraction of sp³-hybridized carbons (Fsp3) is 0.250. The van der Waals surface area contributed by atoms with Gasteiger partial charge < -0.3 is 14.7 Å². The number of rotatable bonds is 7. The maximum atomic E-state index is 13.2. The number of hydrogen-bond donors (Lipinski definition) is 1. The molecule has 0 aliphatic carbocycles. The van der Waals surface area contributed by atoms with Crippen LogP contribution in [0.15, 0.2) is 78.6 Å². The van der Waals surface area contributed by atoms with E-state index in [1.165, 1.54) is 4.90 Å². The first-order valence-corrected chi connectivity index (χ1v) is 11.4. The normalized spacial score (nSPS) is 17.4. The van der Waals surface area contributed by atoms with Crippen LogP contribution in [-0.2, 0) is 22.6 Å². The number of aromatic nitrogens is 1. The van der Waals surface area contributed by atoms with Gasteiger partial charge in [0, 0.05) is 24.5 Å². The lowest BCUT2D eigenvalue weighted by Crippen LogP contribution is -2.29. The molecule has 0 spiro atoms. The standard InChI is InChI=1S/C28H28N2O4/c1-4-19-7-9-21(10-8-19)25-24(26(31)22-11-13-23(14-12-22)34-18(2)3)27(32)28(33)30(25)17-20-6-5-15-29-16-20/h5-16,18,25,31H,4,17H2,1-3H3/b26-24+. The summed E-state index contributed by atoms with van der Waals surface area (Å²) in [5.74, 6) is -0.883. The van der Waals surface area contributed by atoms with E-state index >= 15 is 0 Å². The number of pyridine rings is 1. The molecule has 1 atom stereocenters. The number of aliphatic hydroxyl groups excluding tert-OH is 1. The number of Topliss-reactive ketones (excluding diaryl/α,β-unsaturated/α-hetero) is 1. The largest absolute Gasteiger partial charge is 0.507 e. The average Bonchev–Trinajstić information content (AvgIpc) is 3.09. The molecule has 0 radical (unpaired) electrons. The Kier molecular flexibility index (Phi) is 6.77. The summed E-state index contributed by atoms with van der Waals surface area (Å²) in [4.78, 5) is 31.9. The van der Waals surface area contributed by atoms with Gasteiger partial charge in [-0.15, -0.1) is 0 Å². The number of aryl methyl sites for hydroxylation is 1. The molecule has 0 bridgehead atoms. The van der Waals surface area contributed by atoms with Crippen molar-refractivity contribution in [3.63, 3.8) is 0 Å². The van der Waals surface area contributed by atoms with Crippen molar-refractivity contribution < 1.29 is 19.4 Å². The summed E-state index contributed by atoms with van der Waals surface area (Å²) in [6, 6.07) is 17.6. The van der Waals surface area contributed by atoms with E-state index in [4.69, 9.17) is 4.74 Å². The molecule has 174 valence electrons. The highest BCUT2D eigenvalue weighted by Crippen LogP contribution is 2.40. The Balaban J connectivity index is 1.79. The summed E-state index contributed by atoms with van der Waals surface area (Å²) in [7, 11) is 0. The number of hydrogen-bond acceptors (Lipinski definition) is 5. The third-order valence-corrected chi connectivity index (χ3v) is 5.82. The summed E-state index contributed by atoms with van der Waals surface area (Å²) in [5.41, 5.74) is 3.24. The number of nitrogens with zero attached hydrogens (tertiary/aromatic N) is 2. The number of carbonyl (C=O) groups excluding carboxylic acids is 2. The van der Waals surface area contributed by atoms with Gasteiger partial charge in [-0.3, -0.25) is 14.6 Å². The number of benzene rings is 2. The van der Waals surface area contributed by atoms with Crippen LogP contribution in [0.3, 0.4) is 0 Å². The van der Waals surface area contributed by atoms with E-state index in [9.17, 15) is 14.7 Å². The summed E-state index contributed by atoms with van der Waals surface area (Å²) in [5, 5.41) is 11.2. The van der Waals surface area contributed by atoms with Gasteiger partial charge in [-0.05, 0) is 67.3 Å². The number of ether oxygens (including phenoxy) is 1. The molecule has 1 aliphatic rings. The quantitative estimate of drug-likeness (QED) is 0.306. The fourth-order valence-electron chi connectivity index (χ4n) is 4.13. The number of carbonyl (C=O) groups is 2. The molecule has 0 saturated carbocycles. The SMILES string of the molecule is CCc1ccc(C2/C(=C(\O)c3ccc(OC(C)C)cc3)C(=O)C(=O)N2Cc2cccnc2)cc1. The molecule has 6 heteroatoms. The molecule has 2 aromatic carbocycles. The van der Waals surface area contributed by atoms with Crippen LogP contribution in [0.2, 0.25) is 0 Å². The van der Waals surface area contributed by atoms with E-state index in [-0.39, 0.29) is 24.0 Å². The molecule has 1 fully saturated rings. The molecule has 1 aliphatic heterocycles.